The molecular formula is C21H34N2S. The van der Waals surface area contributed by atoms with E-state index in [0.29, 0.717) is 11.4 Å². The number of nitrogens with one attached hydrogen (secondary N) is 2. The van der Waals surface area contributed by atoms with Gasteiger partial charge in [0.2, 0.25) is 0 Å². The summed E-state index contributed by atoms with van der Waals surface area (Å²) in [4.78, 5) is 0. The number of thiol groups is 1. The first kappa shape index (κ1) is 18.3. The highest BCUT2D eigenvalue weighted by atomic mass is 32.1. The van der Waals surface area contributed by atoms with Crippen molar-refractivity contribution in [2.45, 2.75) is 76.1 Å². The van der Waals surface area contributed by atoms with E-state index in [0.717, 1.165) is 31.8 Å². The standard InChI is InChI=1S/C21H34N2S/c1-2-3-4-5-6-7-8-16-14-22-21(23-15-16)18-10-9-17-12-20(24)13-19(17)11-18/h9-11,16,20-24H,2-8,12-15H2,1H3. The molecule has 1 aliphatic carbocycles. The Balaban J connectivity index is 1.39. The minimum Gasteiger partial charge on any atom is -0.298 e. The largest absolute Gasteiger partial charge is 0.298 e. The average molecular weight is 347 g/mol. The zero-order valence-corrected chi connectivity index (χ0v) is 16.1. The van der Waals surface area contributed by atoms with Crippen molar-refractivity contribution >= 4 is 12.6 Å². The van der Waals surface area contributed by atoms with Crippen LogP contribution in [0.2, 0.25) is 0 Å². The second-order valence-corrected chi connectivity index (χ2v) is 8.49. The molecule has 2 nitrogen and oxygen atoms in total. The number of benzene rings is 1. The van der Waals surface area contributed by atoms with Gasteiger partial charge in [-0.25, -0.2) is 0 Å². The number of rotatable bonds is 8. The molecule has 1 aromatic rings. The van der Waals surface area contributed by atoms with Crippen LogP contribution in [-0.2, 0) is 12.8 Å². The summed E-state index contributed by atoms with van der Waals surface area (Å²) in [5.41, 5.74) is 4.40. The van der Waals surface area contributed by atoms with Gasteiger partial charge in [0.25, 0.3) is 0 Å². The maximum Gasteiger partial charge on any atom is 0.0835 e. The summed E-state index contributed by atoms with van der Waals surface area (Å²) in [6.45, 7) is 4.59. The summed E-state index contributed by atoms with van der Waals surface area (Å²) in [6, 6.07) is 7.00. The molecule has 3 heteroatoms. The summed E-state index contributed by atoms with van der Waals surface area (Å²) in [5, 5.41) is 7.96. The molecule has 0 radical (unpaired) electrons. The number of hydrogen-bond acceptors (Lipinski definition) is 3. The maximum absolute atomic E-state index is 4.64. The molecule has 134 valence electrons. The van der Waals surface area contributed by atoms with Crippen LogP contribution in [0.1, 0.15) is 74.7 Å². The average Bonchev–Trinajstić information content (AvgIpc) is 2.97. The molecular weight excluding hydrogens is 312 g/mol. The molecule has 0 amide bonds. The third-order valence-corrected chi connectivity index (χ3v) is 6.03. The number of fused-ring (bicyclic) bond motifs is 1. The van der Waals surface area contributed by atoms with Crippen molar-refractivity contribution in [1.82, 2.24) is 10.6 Å². The zero-order chi connectivity index (χ0) is 16.8. The Morgan fingerprint density at radius 2 is 1.67 bits per heavy atom. The fourth-order valence-electron chi connectivity index (χ4n) is 4.16. The first-order valence-corrected chi connectivity index (χ1v) is 10.5. The Bertz CT molecular complexity index is 509. The van der Waals surface area contributed by atoms with Gasteiger partial charge >= 0.3 is 0 Å². The van der Waals surface area contributed by atoms with E-state index < -0.39 is 0 Å². The van der Waals surface area contributed by atoms with E-state index in [1.165, 1.54) is 61.6 Å². The van der Waals surface area contributed by atoms with Crippen molar-refractivity contribution in [3.63, 3.8) is 0 Å². The highest BCUT2D eigenvalue weighted by Gasteiger charge is 2.23. The quantitative estimate of drug-likeness (QED) is 0.472. The topological polar surface area (TPSA) is 24.1 Å². The second-order valence-electron chi connectivity index (χ2n) is 7.76. The van der Waals surface area contributed by atoms with E-state index in [1.54, 1.807) is 0 Å². The van der Waals surface area contributed by atoms with Gasteiger partial charge in [-0.3, -0.25) is 10.6 Å². The van der Waals surface area contributed by atoms with Crippen LogP contribution in [0.5, 0.6) is 0 Å². The van der Waals surface area contributed by atoms with Gasteiger partial charge in [0, 0.05) is 18.3 Å². The predicted molar refractivity (Wildman–Crippen MR) is 107 cm³/mol. The van der Waals surface area contributed by atoms with E-state index in [4.69, 9.17) is 0 Å². The smallest absolute Gasteiger partial charge is 0.0835 e. The van der Waals surface area contributed by atoms with Crippen molar-refractivity contribution in [1.29, 1.82) is 0 Å². The summed E-state index contributed by atoms with van der Waals surface area (Å²) in [7, 11) is 0. The van der Waals surface area contributed by atoms with Gasteiger partial charge in [0.1, 0.15) is 0 Å². The van der Waals surface area contributed by atoms with Gasteiger partial charge in [-0.1, -0.05) is 63.6 Å². The Morgan fingerprint density at radius 1 is 0.958 bits per heavy atom. The van der Waals surface area contributed by atoms with Crippen molar-refractivity contribution < 1.29 is 0 Å². The van der Waals surface area contributed by atoms with E-state index in [9.17, 15) is 0 Å². The molecule has 0 spiro atoms. The van der Waals surface area contributed by atoms with Gasteiger partial charge in [-0.2, -0.15) is 12.6 Å². The Morgan fingerprint density at radius 3 is 2.46 bits per heavy atom. The molecule has 1 fully saturated rings. The fourth-order valence-corrected chi connectivity index (χ4v) is 4.55. The normalized spacial score (nSPS) is 26.5. The van der Waals surface area contributed by atoms with E-state index in [2.05, 4.69) is 48.4 Å². The van der Waals surface area contributed by atoms with Crippen molar-refractivity contribution in [2.24, 2.45) is 5.92 Å². The predicted octanol–water partition coefficient (Wildman–Crippen LogP) is 4.64. The second kappa shape index (κ2) is 9.26. The first-order chi connectivity index (χ1) is 11.8. The molecule has 0 saturated carbocycles. The molecule has 1 saturated heterocycles. The molecule has 1 aromatic carbocycles. The minimum absolute atomic E-state index is 0.329. The molecule has 3 rings (SSSR count). The maximum atomic E-state index is 4.64. The minimum atomic E-state index is 0.329. The van der Waals surface area contributed by atoms with E-state index >= 15 is 0 Å². The summed E-state index contributed by atoms with van der Waals surface area (Å²) in [6.07, 6.45) is 12.3. The Hall–Kier alpha value is -0.510. The van der Waals surface area contributed by atoms with Crippen LogP contribution in [0.15, 0.2) is 18.2 Å². The monoisotopic (exact) mass is 346 g/mol. The lowest BCUT2D eigenvalue weighted by Crippen LogP contribution is -2.46. The van der Waals surface area contributed by atoms with Gasteiger partial charge in [0.15, 0.2) is 0 Å². The zero-order valence-electron chi connectivity index (χ0n) is 15.2. The SMILES string of the molecule is CCCCCCCCC1CNC(c2ccc3c(c2)CC(S)C3)NC1. The van der Waals surface area contributed by atoms with Crippen molar-refractivity contribution in [3.05, 3.63) is 34.9 Å². The van der Waals surface area contributed by atoms with Crippen LogP contribution in [0.4, 0.5) is 0 Å². The Labute approximate surface area is 153 Å². The summed E-state index contributed by atoms with van der Waals surface area (Å²) in [5.74, 6) is 0.795. The van der Waals surface area contributed by atoms with E-state index in [-0.39, 0.29) is 0 Å². The van der Waals surface area contributed by atoms with Crippen molar-refractivity contribution in [3.8, 4) is 0 Å². The van der Waals surface area contributed by atoms with Gasteiger partial charge < -0.3 is 0 Å². The highest BCUT2D eigenvalue weighted by Crippen LogP contribution is 2.28. The van der Waals surface area contributed by atoms with Gasteiger partial charge in [-0.05, 0) is 41.9 Å². The molecule has 1 heterocycles. The van der Waals surface area contributed by atoms with Crippen LogP contribution in [0, 0.1) is 5.92 Å². The van der Waals surface area contributed by atoms with Crippen LogP contribution < -0.4 is 10.6 Å². The first-order valence-electron chi connectivity index (χ1n) is 10.0. The van der Waals surface area contributed by atoms with Crippen LogP contribution in [0.25, 0.3) is 0 Å². The molecule has 2 aliphatic rings. The van der Waals surface area contributed by atoms with Crippen LogP contribution in [-0.4, -0.2) is 18.3 Å². The fraction of sp³-hybridized carbons (Fsp3) is 0.714. The summed E-state index contributed by atoms with van der Waals surface area (Å²) >= 11 is 4.64. The lowest BCUT2D eigenvalue weighted by molar-refractivity contribution is 0.282. The lowest BCUT2D eigenvalue weighted by Gasteiger charge is -2.32. The summed E-state index contributed by atoms with van der Waals surface area (Å²) < 4.78 is 0. The lowest BCUT2D eigenvalue weighted by atomic mass is 9.96. The molecule has 0 bridgehead atoms. The third kappa shape index (κ3) is 5.00. The van der Waals surface area contributed by atoms with Crippen molar-refractivity contribution in [2.75, 3.05) is 13.1 Å². The molecule has 1 unspecified atom stereocenters. The van der Waals surface area contributed by atoms with Gasteiger partial charge in [0.05, 0.1) is 6.17 Å². The van der Waals surface area contributed by atoms with Crippen LogP contribution in [0.3, 0.4) is 0 Å². The molecule has 1 aliphatic heterocycles. The number of unbranched alkanes of at least 4 members (excludes halogenated alkanes) is 5. The molecule has 24 heavy (non-hydrogen) atoms. The van der Waals surface area contributed by atoms with Crippen LogP contribution >= 0.6 is 12.6 Å². The molecule has 0 aromatic heterocycles. The van der Waals surface area contributed by atoms with E-state index in [1.807, 2.05) is 0 Å². The third-order valence-electron chi connectivity index (χ3n) is 5.66. The Kier molecular flexibility index (Phi) is 7.06. The van der Waals surface area contributed by atoms with Gasteiger partial charge in [-0.15, -0.1) is 0 Å². The molecule has 2 N–H and O–H groups in total. The molecule has 1 atom stereocenters. The highest BCUT2D eigenvalue weighted by molar-refractivity contribution is 7.81. The number of hydrogen-bond donors (Lipinski definition) is 3.